The number of benzene rings is 1. The average molecular weight is 606 g/mol. The minimum atomic E-state index is -4.05. The van der Waals surface area contributed by atoms with E-state index in [4.69, 9.17) is 4.42 Å². The number of aromatic nitrogens is 1. The molecular weight excluding hydrogens is 574 g/mol. The van der Waals surface area contributed by atoms with Gasteiger partial charge in [0.25, 0.3) is 0 Å². The van der Waals surface area contributed by atoms with Crippen molar-refractivity contribution in [1.29, 1.82) is 0 Å². The fourth-order valence-corrected chi connectivity index (χ4v) is 8.44. The molecule has 0 bridgehead atoms. The summed E-state index contributed by atoms with van der Waals surface area (Å²) in [4.78, 5) is 33.1. The number of piperazine rings is 1. The monoisotopic (exact) mass is 605 g/mol. The number of carbonyl (C=O) groups is 2. The highest BCUT2D eigenvalue weighted by molar-refractivity contribution is 7.89. The van der Waals surface area contributed by atoms with Crippen molar-refractivity contribution in [3.05, 3.63) is 77.7 Å². The molecule has 42 heavy (non-hydrogen) atoms. The molecule has 1 atom stereocenters. The van der Waals surface area contributed by atoms with Crippen molar-refractivity contribution >= 4 is 38.9 Å². The van der Waals surface area contributed by atoms with Crippen LogP contribution in [0.25, 0.3) is 21.7 Å². The number of amides is 1. The molecule has 1 aromatic carbocycles. The molecule has 1 aliphatic carbocycles. The summed E-state index contributed by atoms with van der Waals surface area (Å²) in [5, 5.41) is 10.1. The zero-order chi connectivity index (χ0) is 29.4. The predicted octanol–water partition coefficient (Wildman–Crippen LogP) is 6.06. The zero-order valence-electron chi connectivity index (χ0n) is 23.1. The summed E-state index contributed by atoms with van der Waals surface area (Å²) < 4.78 is 34.3. The summed E-state index contributed by atoms with van der Waals surface area (Å²) in [6.45, 7) is 1.50. The first-order valence-corrected chi connectivity index (χ1v) is 16.2. The first-order chi connectivity index (χ1) is 20.2. The van der Waals surface area contributed by atoms with Gasteiger partial charge in [-0.3, -0.25) is 9.78 Å². The Morgan fingerprint density at radius 2 is 1.83 bits per heavy atom. The van der Waals surface area contributed by atoms with Gasteiger partial charge in [-0.2, -0.15) is 4.31 Å². The molecule has 0 spiro atoms. The van der Waals surface area contributed by atoms with E-state index in [1.807, 2.05) is 37.3 Å². The summed E-state index contributed by atoms with van der Waals surface area (Å²) in [5.74, 6) is -0.813. The highest BCUT2D eigenvalue weighted by atomic mass is 32.2. The number of carboxylic acid groups (broad SMARTS) is 1. The van der Waals surface area contributed by atoms with Gasteiger partial charge in [-0.15, -0.1) is 11.3 Å². The second kappa shape index (κ2) is 11.5. The minimum absolute atomic E-state index is 0.00386. The van der Waals surface area contributed by atoms with E-state index in [2.05, 4.69) is 4.98 Å². The minimum Gasteiger partial charge on any atom is -0.477 e. The highest BCUT2D eigenvalue weighted by Gasteiger charge is 2.44. The summed E-state index contributed by atoms with van der Waals surface area (Å²) in [7, 11) is -4.05. The molecule has 1 N–H and O–H groups in total. The summed E-state index contributed by atoms with van der Waals surface area (Å²) in [5.41, 5.74) is 2.57. The van der Waals surface area contributed by atoms with Gasteiger partial charge in [0.2, 0.25) is 15.9 Å². The summed E-state index contributed by atoms with van der Waals surface area (Å²) >= 11 is 1.13. The van der Waals surface area contributed by atoms with Crippen LogP contribution in [0.15, 0.2) is 76.4 Å². The zero-order valence-corrected chi connectivity index (χ0v) is 24.7. The van der Waals surface area contributed by atoms with Crippen LogP contribution in [0, 0.1) is 12.8 Å². The van der Waals surface area contributed by atoms with Gasteiger partial charge in [0.1, 0.15) is 15.5 Å². The van der Waals surface area contributed by atoms with Gasteiger partial charge in [-0.25, -0.2) is 13.2 Å². The molecule has 6 rings (SSSR count). The lowest BCUT2D eigenvalue weighted by Crippen LogP contribution is -2.60. The molecule has 1 unspecified atom stereocenters. The Bertz CT molecular complexity index is 1710. The molecule has 4 aromatic rings. The third-order valence-corrected chi connectivity index (χ3v) is 11.2. The predicted molar refractivity (Wildman–Crippen MR) is 160 cm³/mol. The summed E-state index contributed by atoms with van der Waals surface area (Å²) in [6, 6.07) is 15.6. The molecule has 3 aromatic heterocycles. The number of carboxylic acids is 1. The molecule has 218 valence electrons. The lowest BCUT2D eigenvalue weighted by Gasteiger charge is -2.44. The quantitative estimate of drug-likeness (QED) is 0.272. The fraction of sp³-hybridized carbons (Fsp3) is 0.323. The smallest absolute Gasteiger partial charge is 0.348 e. The van der Waals surface area contributed by atoms with Crippen molar-refractivity contribution in [2.24, 2.45) is 5.92 Å². The number of nitrogens with zero attached hydrogens (tertiary/aromatic N) is 3. The number of pyridine rings is 1. The van der Waals surface area contributed by atoms with Crippen LogP contribution in [0.3, 0.4) is 0 Å². The Labute approximate surface area is 248 Å². The molecule has 0 radical (unpaired) electrons. The maximum Gasteiger partial charge on any atom is 0.348 e. The standard InChI is InChI=1S/C31H31N3O6S2/c1-20-24(14-15-40-20)25-13-12-23(17-32-25)42(38,39)33-18-27(21-8-4-2-5-9-21)34(29(35)19-33)26-16-28(41-30(26)31(36)37)22-10-6-3-7-11-22/h3,6-7,10-17,21,27H,2,4-5,8-9,18-19H2,1H3,(H,36,37). The highest BCUT2D eigenvalue weighted by Crippen LogP contribution is 2.42. The van der Waals surface area contributed by atoms with Gasteiger partial charge in [0, 0.05) is 23.2 Å². The van der Waals surface area contributed by atoms with Crippen molar-refractivity contribution in [3.8, 4) is 21.7 Å². The number of aryl methyl sites for hydroxylation is 1. The Morgan fingerprint density at radius 1 is 1.07 bits per heavy atom. The van der Waals surface area contributed by atoms with Gasteiger partial charge in [-0.05, 0) is 55.5 Å². The SMILES string of the molecule is Cc1occc1-c1ccc(S(=O)(=O)N2CC(=O)N(c3cc(-c4ccccc4)sc3C(=O)O)C(C3CCCCC3)C2)cn1. The van der Waals surface area contributed by atoms with Crippen LogP contribution < -0.4 is 4.90 Å². The van der Waals surface area contributed by atoms with E-state index >= 15 is 0 Å². The van der Waals surface area contributed by atoms with Crippen molar-refractivity contribution < 1.29 is 27.5 Å². The topological polar surface area (TPSA) is 121 Å². The third kappa shape index (κ3) is 5.28. The van der Waals surface area contributed by atoms with E-state index in [-0.39, 0.29) is 28.8 Å². The second-order valence-corrected chi connectivity index (χ2v) is 13.8. The largest absolute Gasteiger partial charge is 0.477 e. The average Bonchev–Trinajstić information content (AvgIpc) is 3.64. The molecule has 2 aliphatic rings. The number of hydrogen-bond acceptors (Lipinski definition) is 7. The summed E-state index contributed by atoms with van der Waals surface area (Å²) in [6.07, 6.45) is 7.63. The molecule has 1 saturated heterocycles. The molecule has 1 saturated carbocycles. The van der Waals surface area contributed by atoms with Crippen LogP contribution >= 0.6 is 11.3 Å². The van der Waals surface area contributed by atoms with Gasteiger partial charge in [0.15, 0.2) is 0 Å². The molecule has 9 nitrogen and oxygen atoms in total. The van der Waals surface area contributed by atoms with Crippen molar-refractivity contribution in [1.82, 2.24) is 9.29 Å². The van der Waals surface area contributed by atoms with Gasteiger partial charge >= 0.3 is 5.97 Å². The van der Waals surface area contributed by atoms with Crippen LogP contribution in [0.1, 0.15) is 47.5 Å². The molecule has 11 heteroatoms. The number of aromatic carboxylic acids is 1. The van der Waals surface area contributed by atoms with Crippen LogP contribution in [-0.2, 0) is 14.8 Å². The molecule has 4 heterocycles. The molecule has 1 amide bonds. The number of furan rings is 1. The van der Waals surface area contributed by atoms with Crippen molar-refractivity contribution in [2.45, 2.75) is 50.0 Å². The van der Waals surface area contributed by atoms with Gasteiger partial charge in [-0.1, -0.05) is 49.6 Å². The van der Waals surface area contributed by atoms with Crippen LogP contribution in [0.2, 0.25) is 0 Å². The number of hydrogen-bond donors (Lipinski definition) is 1. The van der Waals surface area contributed by atoms with E-state index < -0.39 is 27.9 Å². The van der Waals surface area contributed by atoms with E-state index in [1.54, 1.807) is 29.4 Å². The maximum atomic E-state index is 13.9. The Morgan fingerprint density at radius 3 is 2.48 bits per heavy atom. The lowest BCUT2D eigenvalue weighted by atomic mass is 9.82. The van der Waals surface area contributed by atoms with E-state index in [9.17, 15) is 23.1 Å². The number of anilines is 1. The second-order valence-electron chi connectivity index (χ2n) is 10.8. The van der Waals surface area contributed by atoms with Crippen LogP contribution in [0.4, 0.5) is 5.69 Å². The fourth-order valence-electron chi connectivity index (χ4n) is 6.09. The van der Waals surface area contributed by atoms with Gasteiger partial charge in [0.05, 0.1) is 30.2 Å². The number of thiophene rings is 1. The maximum absolute atomic E-state index is 13.9. The molecule has 2 fully saturated rings. The Balaban J connectivity index is 1.35. The van der Waals surface area contributed by atoms with Crippen LogP contribution in [-0.4, -0.2) is 53.8 Å². The number of carbonyl (C=O) groups excluding carboxylic acids is 1. The van der Waals surface area contributed by atoms with Crippen molar-refractivity contribution in [3.63, 3.8) is 0 Å². The normalized spacial score (nSPS) is 18.8. The van der Waals surface area contributed by atoms with Gasteiger partial charge < -0.3 is 14.4 Å². The number of sulfonamides is 1. The molecule has 1 aliphatic heterocycles. The molecular formula is C31H31N3O6S2. The number of rotatable bonds is 7. The third-order valence-electron chi connectivity index (χ3n) is 8.23. The lowest BCUT2D eigenvalue weighted by molar-refractivity contribution is -0.121. The first-order valence-electron chi connectivity index (χ1n) is 14.0. The van der Waals surface area contributed by atoms with Crippen molar-refractivity contribution in [2.75, 3.05) is 18.0 Å². The Hall–Kier alpha value is -3.80. The van der Waals surface area contributed by atoms with E-state index in [0.29, 0.717) is 17.1 Å². The first kappa shape index (κ1) is 28.3. The Kier molecular flexibility index (Phi) is 7.73. The van der Waals surface area contributed by atoms with E-state index in [1.165, 1.54) is 16.6 Å². The van der Waals surface area contributed by atoms with Crippen LogP contribution in [0.5, 0.6) is 0 Å². The van der Waals surface area contributed by atoms with E-state index in [0.717, 1.165) is 59.4 Å².